The Morgan fingerprint density at radius 1 is 0.824 bits per heavy atom. The largest absolute Gasteiger partial charge is 0.392 e. The molecule has 0 unspecified atom stereocenters. The summed E-state index contributed by atoms with van der Waals surface area (Å²) in [7, 11) is 0. The van der Waals surface area contributed by atoms with Crippen molar-refractivity contribution in [1.29, 1.82) is 0 Å². The maximum Gasteiger partial charge on any atom is 0.209 e. The Morgan fingerprint density at radius 2 is 1.57 bits per heavy atom. The maximum absolute atomic E-state index is 9.59. The van der Waals surface area contributed by atoms with Crippen molar-refractivity contribution in [2.45, 2.75) is 91.1 Å². The average molecular weight is 679 g/mol. The van der Waals surface area contributed by atoms with Crippen LogP contribution in [-0.4, -0.2) is 43.5 Å². The van der Waals surface area contributed by atoms with Gasteiger partial charge in [-0.05, 0) is 73.9 Å². The monoisotopic (exact) mass is 678 g/mol. The van der Waals surface area contributed by atoms with E-state index in [4.69, 9.17) is 5.21 Å². The van der Waals surface area contributed by atoms with E-state index < -0.39 is 0 Å². The van der Waals surface area contributed by atoms with Gasteiger partial charge in [-0.3, -0.25) is 0 Å². The molecule has 4 aromatic rings. The van der Waals surface area contributed by atoms with Crippen LogP contribution in [-0.2, 0) is 17.4 Å². The number of allylic oxidation sites excluding steroid dienone is 8. The molecule has 1 aromatic heterocycles. The van der Waals surface area contributed by atoms with Gasteiger partial charge >= 0.3 is 0 Å². The second kappa shape index (κ2) is 14.1. The van der Waals surface area contributed by atoms with Crippen molar-refractivity contribution in [2.24, 2.45) is 0 Å². The highest BCUT2D eigenvalue weighted by atomic mass is 16.3. The zero-order valence-electron chi connectivity index (χ0n) is 31.2. The van der Waals surface area contributed by atoms with Crippen molar-refractivity contribution in [1.82, 2.24) is 15.0 Å². The van der Waals surface area contributed by atoms with Crippen LogP contribution >= 0.6 is 0 Å². The molecule has 0 radical (unpaired) electrons. The number of aliphatic hydroxyl groups is 1. The normalized spacial score (nSPS) is 19.5. The predicted octanol–water partition coefficient (Wildman–Crippen LogP) is 9.89. The van der Waals surface area contributed by atoms with Gasteiger partial charge < -0.3 is 10.0 Å². The molecule has 3 aromatic carbocycles. The topological polar surface area (TPSA) is 57.2 Å². The fourth-order valence-electron chi connectivity index (χ4n) is 8.39. The summed E-state index contributed by atoms with van der Waals surface area (Å²) in [4.78, 5) is 2.52. The molecule has 0 saturated heterocycles. The Bertz CT molecular complexity index is 2090. The first-order valence-corrected chi connectivity index (χ1v) is 18.8. The molecule has 2 aliphatic heterocycles. The summed E-state index contributed by atoms with van der Waals surface area (Å²) in [5, 5.41) is 19.0. The summed E-state index contributed by atoms with van der Waals surface area (Å²) in [6.07, 6.45) is 16.7. The molecule has 3 aliphatic rings. The molecule has 1 aliphatic carbocycles. The Balaban J connectivity index is 1.36. The minimum absolute atomic E-state index is 0.0212. The minimum Gasteiger partial charge on any atom is -0.392 e. The molecule has 0 saturated carbocycles. The molecule has 51 heavy (non-hydrogen) atoms. The lowest BCUT2D eigenvalue weighted by Crippen LogP contribution is -2.28. The second-order valence-electron chi connectivity index (χ2n) is 15.2. The number of hydrogen-bond donors (Lipinski definition) is 1. The molecular weight excluding hydrogens is 627 g/mol. The van der Waals surface area contributed by atoms with Gasteiger partial charge in [0.05, 0.1) is 23.9 Å². The van der Waals surface area contributed by atoms with Gasteiger partial charge in [-0.1, -0.05) is 106 Å². The number of nitrogens with zero attached hydrogens (tertiary/aromatic N) is 5. The first-order chi connectivity index (χ1) is 24.7. The van der Waals surface area contributed by atoms with Crippen LogP contribution in [0.2, 0.25) is 0 Å². The lowest BCUT2D eigenvalue weighted by atomic mass is 9.81. The number of fused-ring (bicyclic) bond motifs is 2. The molecule has 0 fully saturated rings. The van der Waals surface area contributed by atoms with Crippen LogP contribution in [0.3, 0.4) is 0 Å². The smallest absolute Gasteiger partial charge is 0.209 e. The molecule has 0 bridgehead atoms. The van der Waals surface area contributed by atoms with Gasteiger partial charge in [-0.15, -0.1) is 5.10 Å². The van der Waals surface area contributed by atoms with Crippen LogP contribution in [0, 0.1) is 0 Å². The average Bonchev–Trinajstić information content (AvgIpc) is 3.77. The number of hydrogen-bond acceptors (Lipinski definition) is 4. The van der Waals surface area contributed by atoms with Crippen molar-refractivity contribution < 1.29 is 9.68 Å². The highest BCUT2D eigenvalue weighted by Crippen LogP contribution is 2.48. The standard InChI is InChI=1S/C45H52N5O/c1-7-28-48-39-18-11-9-16-36(39)44(3,4)41(48)26-24-34-14-13-15-35(43(34)50-30-38(46-47-50)33-22-20-32(31-51)21-23-33)25-27-42-45(5,6)37-17-10-12-19-40(37)49(42)29-8-2/h9-12,16-27,30,51H,7-8,13-15,28-29,31H2,1-6H3/q+1. The summed E-state index contributed by atoms with van der Waals surface area (Å²) in [5.74, 6) is 0. The lowest BCUT2D eigenvalue weighted by molar-refractivity contribution is -0.437. The highest BCUT2D eigenvalue weighted by Gasteiger charge is 2.44. The fraction of sp³-hybridized carbons (Fsp3) is 0.356. The SMILES string of the molecule is CCCN1/C(=C/C=C2\CCCC(/C=C/C3=[N+](CCC)c4ccccc4C3(C)C)=C2n2cc(-c3ccc(CO)cc3)nn2)C(C)(C)c2ccccc21. The van der Waals surface area contributed by atoms with Crippen molar-refractivity contribution >= 4 is 22.8 Å². The number of para-hydroxylation sites is 2. The number of rotatable bonds is 10. The maximum atomic E-state index is 9.59. The predicted molar refractivity (Wildman–Crippen MR) is 210 cm³/mol. The van der Waals surface area contributed by atoms with E-state index in [0.29, 0.717) is 0 Å². The number of aromatic nitrogens is 3. The molecule has 262 valence electrons. The Morgan fingerprint density at radius 3 is 2.31 bits per heavy atom. The summed E-state index contributed by atoms with van der Waals surface area (Å²) >= 11 is 0. The summed E-state index contributed by atoms with van der Waals surface area (Å²) < 4.78 is 4.52. The van der Waals surface area contributed by atoms with Crippen LogP contribution in [0.4, 0.5) is 11.4 Å². The van der Waals surface area contributed by atoms with E-state index in [1.54, 1.807) is 0 Å². The van der Waals surface area contributed by atoms with E-state index in [2.05, 4.69) is 135 Å². The summed E-state index contributed by atoms with van der Waals surface area (Å²) in [5.41, 5.74) is 14.2. The van der Waals surface area contributed by atoms with Gasteiger partial charge in [0.2, 0.25) is 5.69 Å². The van der Waals surface area contributed by atoms with Crippen molar-refractivity contribution in [3.8, 4) is 11.3 Å². The molecule has 6 nitrogen and oxygen atoms in total. The third kappa shape index (κ3) is 6.24. The van der Waals surface area contributed by atoms with Crippen LogP contribution < -0.4 is 4.90 Å². The van der Waals surface area contributed by atoms with E-state index in [1.165, 1.54) is 45.1 Å². The van der Waals surface area contributed by atoms with Gasteiger partial charge in [0.1, 0.15) is 12.2 Å². The molecule has 6 heteroatoms. The number of benzene rings is 3. The summed E-state index contributed by atoms with van der Waals surface area (Å²) in [6.45, 7) is 15.9. The van der Waals surface area contributed by atoms with Crippen molar-refractivity contribution in [2.75, 3.05) is 18.0 Å². The Labute approximate surface area is 303 Å². The molecule has 0 amide bonds. The second-order valence-corrected chi connectivity index (χ2v) is 15.2. The first kappa shape index (κ1) is 34.6. The van der Waals surface area contributed by atoms with Crippen LogP contribution in [0.1, 0.15) is 90.3 Å². The third-order valence-corrected chi connectivity index (χ3v) is 11.0. The quantitative estimate of drug-likeness (QED) is 0.170. The third-order valence-electron chi connectivity index (χ3n) is 11.0. The lowest BCUT2D eigenvalue weighted by Gasteiger charge is -2.27. The van der Waals surface area contributed by atoms with E-state index in [-0.39, 0.29) is 17.4 Å². The van der Waals surface area contributed by atoms with Crippen LogP contribution in [0.25, 0.3) is 17.0 Å². The van der Waals surface area contributed by atoms with Gasteiger partial charge in [0.25, 0.3) is 0 Å². The molecule has 1 N–H and O–H groups in total. The zero-order valence-corrected chi connectivity index (χ0v) is 31.2. The van der Waals surface area contributed by atoms with Gasteiger partial charge in [-0.2, -0.15) is 4.58 Å². The first-order valence-electron chi connectivity index (χ1n) is 18.8. The summed E-state index contributed by atoms with van der Waals surface area (Å²) in [6, 6.07) is 25.7. The Hall–Kier alpha value is -4.81. The van der Waals surface area contributed by atoms with Gasteiger partial charge in [0, 0.05) is 53.0 Å². The zero-order chi connectivity index (χ0) is 35.8. The minimum atomic E-state index is -0.103. The molecule has 7 rings (SSSR count). The molecule has 0 atom stereocenters. The van der Waals surface area contributed by atoms with Crippen LogP contribution in [0.15, 0.2) is 120 Å². The number of aliphatic hydroxyl groups excluding tert-OH is 1. The molecule has 0 spiro atoms. The highest BCUT2D eigenvalue weighted by molar-refractivity contribution is 6.03. The van der Waals surface area contributed by atoms with E-state index in [1.807, 2.05) is 28.9 Å². The molecular formula is C45H52N5O+. The van der Waals surface area contributed by atoms with Crippen molar-refractivity contribution in [3.63, 3.8) is 0 Å². The van der Waals surface area contributed by atoms with Crippen LogP contribution in [0.5, 0.6) is 0 Å². The van der Waals surface area contributed by atoms with E-state index >= 15 is 0 Å². The van der Waals surface area contributed by atoms with E-state index in [9.17, 15) is 5.11 Å². The fourth-order valence-corrected chi connectivity index (χ4v) is 8.39. The van der Waals surface area contributed by atoms with Gasteiger partial charge in [-0.25, -0.2) is 4.68 Å². The van der Waals surface area contributed by atoms with Gasteiger partial charge in [0.15, 0.2) is 5.71 Å². The molecule has 3 heterocycles. The Kier molecular flexibility index (Phi) is 9.56. The van der Waals surface area contributed by atoms with E-state index in [0.717, 1.165) is 67.7 Å². The van der Waals surface area contributed by atoms with Crippen molar-refractivity contribution in [3.05, 3.63) is 137 Å². The number of anilines is 1.